The van der Waals surface area contributed by atoms with Crippen LogP contribution in [0.25, 0.3) is 10.9 Å². The lowest BCUT2D eigenvalue weighted by atomic mass is 10.2. The number of para-hydroxylation sites is 1. The van der Waals surface area contributed by atoms with Crippen LogP contribution in [0.3, 0.4) is 0 Å². The van der Waals surface area contributed by atoms with Crippen molar-refractivity contribution in [1.29, 1.82) is 0 Å². The molecule has 3 rings (SSSR count). The summed E-state index contributed by atoms with van der Waals surface area (Å²) in [5.74, 6) is -0.838. The fourth-order valence-electron chi connectivity index (χ4n) is 2.45. The van der Waals surface area contributed by atoms with Crippen LogP contribution >= 0.6 is 0 Å². The van der Waals surface area contributed by atoms with Crippen LogP contribution in [0, 0.1) is 5.82 Å². The topological polar surface area (TPSA) is 39.1 Å². The molecule has 0 saturated heterocycles. The zero-order valence-corrected chi connectivity index (χ0v) is 12.3. The predicted molar refractivity (Wildman–Crippen MR) is 80.2 cm³/mol. The Morgan fingerprint density at radius 2 is 1.71 bits per heavy atom. The zero-order chi connectivity index (χ0) is 15.0. The maximum absolute atomic E-state index is 13.7. The zero-order valence-electron chi connectivity index (χ0n) is 11.5. The Kier molecular flexibility index (Phi) is 3.29. The Bertz CT molecular complexity index is 913. The molecule has 3 aromatic rings. The van der Waals surface area contributed by atoms with Crippen LogP contribution in [0.2, 0.25) is 0 Å². The Morgan fingerprint density at radius 1 is 1.05 bits per heavy atom. The van der Waals surface area contributed by atoms with Gasteiger partial charge in [0.1, 0.15) is 5.82 Å². The summed E-state index contributed by atoms with van der Waals surface area (Å²) in [6.45, 7) is 0. The van der Waals surface area contributed by atoms with Crippen LogP contribution in [0.5, 0.6) is 0 Å². The van der Waals surface area contributed by atoms with Gasteiger partial charge in [0.2, 0.25) is 0 Å². The molecule has 1 heterocycles. The van der Waals surface area contributed by atoms with Crippen LogP contribution in [-0.2, 0) is 22.6 Å². The third-order valence-electron chi connectivity index (χ3n) is 3.50. The maximum atomic E-state index is 13.7. The molecule has 0 aliphatic heterocycles. The summed E-state index contributed by atoms with van der Waals surface area (Å²) >= 11 is 0. The van der Waals surface area contributed by atoms with Gasteiger partial charge in [0.15, 0.2) is 9.84 Å². The van der Waals surface area contributed by atoms with Crippen molar-refractivity contribution < 1.29 is 12.8 Å². The molecule has 0 aliphatic rings. The molecular formula is C16H14FNO2S. The highest BCUT2D eigenvalue weighted by Crippen LogP contribution is 2.27. The van der Waals surface area contributed by atoms with Gasteiger partial charge in [0, 0.05) is 29.7 Å². The van der Waals surface area contributed by atoms with Gasteiger partial charge >= 0.3 is 0 Å². The first kappa shape index (κ1) is 13.8. The molecule has 0 saturated carbocycles. The van der Waals surface area contributed by atoms with E-state index in [-0.39, 0.29) is 16.2 Å². The lowest BCUT2D eigenvalue weighted by Gasteiger charge is -2.04. The minimum atomic E-state index is -3.60. The third-order valence-corrected chi connectivity index (χ3v) is 5.19. The molecule has 0 aliphatic carbocycles. The largest absolute Gasteiger partial charge is 0.349 e. The van der Waals surface area contributed by atoms with E-state index in [2.05, 4.69) is 0 Å². The molecule has 1 aromatic heterocycles. The number of halogens is 1. The molecule has 0 spiro atoms. The molecule has 0 unspecified atom stereocenters. The van der Waals surface area contributed by atoms with E-state index in [1.54, 1.807) is 42.1 Å². The smallest absolute Gasteiger partial charge is 0.184 e. The fraction of sp³-hybridized carbons (Fsp3) is 0.125. The minimum absolute atomic E-state index is 0.186. The van der Waals surface area contributed by atoms with E-state index in [1.165, 1.54) is 12.1 Å². The molecule has 108 valence electrons. The summed E-state index contributed by atoms with van der Waals surface area (Å²) in [5, 5.41) is 0.663. The molecule has 21 heavy (non-hydrogen) atoms. The van der Waals surface area contributed by atoms with Gasteiger partial charge in [-0.1, -0.05) is 36.4 Å². The summed E-state index contributed by atoms with van der Waals surface area (Å²) < 4.78 is 40.7. The number of benzene rings is 2. The standard InChI is InChI=1S/C16H14FNO2S/c1-18-10-16(13-7-3-5-9-15(13)18)21(19,20)11-12-6-2-4-8-14(12)17/h2-10H,11H2,1H3. The number of sulfone groups is 1. The van der Waals surface area contributed by atoms with E-state index >= 15 is 0 Å². The van der Waals surface area contributed by atoms with E-state index < -0.39 is 15.7 Å². The van der Waals surface area contributed by atoms with Gasteiger partial charge in [-0.2, -0.15) is 0 Å². The average molecular weight is 303 g/mol. The van der Waals surface area contributed by atoms with Gasteiger partial charge in [0.05, 0.1) is 10.6 Å². The lowest BCUT2D eigenvalue weighted by Crippen LogP contribution is -2.06. The van der Waals surface area contributed by atoms with Crippen molar-refractivity contribution >= 4 is 20.7 Å². The summed E-state index contributed by atoms with van der Waals surface area (Å²) in [6.07, 6.45) is 1.58. The second-order valence-electron chi connectivity index (χ2n) is 4.97. The Hall–Kier alpha value is -2.14. The quantitative estimate of drug-likeness (QED) is 0.745. The van der Waals surface area contributed by atoms with Gasteiger partial charge in [-0.3, -0.25) is 0 Å². The van der Waals surface area contributed by atoms with Gasteiger partial charge in [-0.25, -0.2) is 12.8 Å². The average Bonchev–Trinajstić information content (AvgIpc) is 2.80. The Balaban J connectivity index is 2.11. The number of fused-ring (bicyclic) bond motifs is 1. The molecule has 5 heteroatoms. The molecule has 0 atom stereocenters. The number of hydrogen-bond acceptors (Lipinski definition) is 2. The summed E-state index contributed by atoms with van der Waals surface area (Å²) in [4.78, 5) is 0.240. The third kappa shape index (κ3) is 2.45. The number of aryl methyl sites for hydroxylation is 1. The first-order valence-electron chi connectivity index (χ1n) is 6.49. The summed E-state index contributed by atoms with van der Waals surface area (Å²) in [5.41, 5.74) is 1.02. The maximum Gasteiger partial charge on any atom is 0.184 e. The van der Waals surface area contributed by atoms with Gasteiger partial charge in [-0.05, 0) is 12.1 Å². The normalized spacial score (nSPS) is 11.9. The van der Waals surface area contributed by atoms with Gasteiger partial charge in [0.25, 0.3) is 0 Å². The highest BCUT2D eigenvalue weighted by Gasteiger charge is 2.22. The van der Waals surface area contributed by atoms with E-state index in [1.807, 2.05) is 12.1 Å². The molecule has 0 fully saturated rings. The first-order chi connectivity index (χ1) is 9.99. The first-order valence-corrected chi connectivity index (χ1v) is 8.14. The molecule has 3 nitrogen and oxygen atoms in total. The monoisotopic (exact) mass is 303 g/mol. The molecule has 0 radical (unpaired) electrons. The highest BCUT2D eigenvalue weighted by atomic mass is 32.2. The number of hydrogen-bond donors (Lipinski definition) is 0. The van der Waals surface area contributed by atoms with Crippen LogP contribution in [0.15, 0.2) is 59.6 Å². The second-order valence-corrected chi connectivity index (χ2v) is 6.93. The van der Waals surface area contributed by atoms with Crippen LogP contribution in [0.1, 0.15) is 5.56 Å². The highest BCUT2D eigenvalue weighted by molar-refractivity contribution is 7.90. The van der Waals surface area contributed by atoms with Crippen LogP contribution in [0.4, 0.5) is 4.39 Å². The van der Waals surface area contributed by atoms with Gasteiger partial charge < -0.3 is 4.57 Å². The van der Waals surface area contributed by atoms with E-state index in [9.17, 15) is 12.8 Å². The molecule has 0 N–H and O–H groups in total. The number of rotatable bonds is 3. The van der Waals surface area contributed by atoms with E-state index in [0.717, 1.165) is 5.52 Å². The lowest BCUT2D eigenvalue weighted by molar-refractivity contribution is 0.587. The van der Waals surface area contributed by atoms with Gasteiger partial charge in [-0.15, -0.1) is 0 Å². The molecule has 2 aromatic carbocycles. The molecule has 0 bridgehead atoms. The van der Waals surface area contributed by atoms with Crippen molar-refractivity contribution in [2.45, 2.75) is 10.6 Å². The second kappa shape index (κ2) is 5.00. The summed E-state index contributed by atoms with van der Waals surface area (Å²) in [6, 6.07) is 13.2. The van der Waals surface area contributed by atoms with Crippen molar-refractivity contribution in [2.75, 3.05) is 0 Å². The van der Waals surface area contributed by atoms with Crippen molar-refractivity contribution in [3.8, 4) is 0 Å². The van der Waals surface area contributed by atoms with E-state index in [4.69, 9.17) is 0 Å². The molecular weight excluding hydrogens is 289 g/mol. The van der Waals surface area contributed by atoms with Crippen molar-refractivity contribution in [1.82, 2.24) is 4.57 Å². The Labute approximate surface area is 122 Å². The Morgan fingerprint density at radius 3 is 2.48 bits per heavy atom. The number of nitrogens with zero attached hydrogens (tertiary/aromatic N) is 1. The summed E-state index contributed by atoms with van der Waals surface area (Å²) in [7, 11) is -1.81. The number of aromatic nitrogens is 1. The predicted octanol–water partition coefficient (Wildman–Crippen LogP) is 3.29. The molecule has 0 amide bonds. The van der Waals surface area contributed by atoms with E-state index in [0.29, 0.717) is 5.39 Å². The van der Waals surface area contributed by atoms with Crippen LogP contribution in [-0.4, -0.2) is 13.0 Å². The fourth-order valence-corrected chi connectivity index (χ4v) is 4.08. The van der Waals surface area contributed by atoms with Crippen LogP contribution < -0.4 is 0 Å². The van der Waals surface area contributed by atoms with Crippen molar-refractivity contribution in [3.05, 3.63) is 66.1 Å². The van der Waals surface area contributed by atoms with Crippen molar-refractivity contribution in [3.63, 3.8) is 0 Å². The minimum Gasteiger partial charge on any atom is -0.349 e. The van der Waals surface area contributed by atoms with Crippen molar-refractivity contribution in [2.24, 2.45) is 7.05 Å². The SMILES string of the molecule is Cn1cc(S(=O)(=O)Cc2ccccc2F)c2ccccc21.